The first-order valence-corrected chi connectivity index (χ1v) is 8.68. The van der Waals surface area contributed by atoms with Gasteiger partial charge in [0.05, 0.1) is 10.5 Å². The Morgan fingerprint density at radius 1 is 1.24 bits per heavy atom. The van der Waals surface area contributed by atoms with E-state index in [1.807, 2.05) is 18.4 Å². The summed E-state index contributed by atoms with van der Waals surface area (Å²) in [5.74, 6) is -1.09. The van der Waals surface area contributed by atoms with E-state index in [-0.39, 0.29) is 17.0 Å². The van der Waals surface area contributed by atoms with Crippen LogP contribution in [0.3, 0.4) is 0 Å². The number of aromatic carboxylic acids is 1. The van der Waals surface area contributed by atoms with Gasteiger partial charge >= 0.3 is 5.97 Å². The molecule has 1 aromatic heterocycles. The van der Waals surface area contributed by atoms with E-state index in [4.69, 9.17) is 5.11 Å². The number of carboxylic acids is 1. The lowest BCUT2D eigenvalue weighted by molar-refractivity contribution is 0.0696. The first kappa shape index (κ1) is 15.7. The summed E-state index contributed by atoms with van der Waals surface area (Å²) in [6.07, 6.45) is 0.855. The van der Waals surface area contributed by atoms with Crippen LogP contribution in [-0.4, -0.2) is 19.5 Å². The minimum atomic E-state index is -3.64. The fraction of sp³-hybridized carbons (Fsp3) is 0.214. The largest absolute Gasteiger partial charge is 0.478 e. The van der Waals surface area contributed by atoms with Gasteiger partial charge in [0.25, 0.3) is 0 Å². The van der Waals surface area contributed by atoms with Crippen LogP contribution in [0.15, 0.2) is 40.6 Å². The molecule has 2 aromatic rings. The van der Waals surface area contributed by atoms with Gasteiger partial charge in [0.1, 0.15) is 0 Å². The molecule has 0 aliphatic heterocycles. The number of carbonyl (C=O) groups is 1. The predicted molar refractivity (Wildman–Crippen MR) is 81.1 cm³/mol. The maximum absolute atomic E-state index is 12.2. The van der Waals surface area contributed by atoms with Gasteiger partial charge in [-0.25, -0.2) is 17.9 Å². The molecule has 0 fully saturated rings. The van der Waals surface area contributed by atoms with Gasteiger partial charge in [0, 0.05) is 11.4 Å². The van der Waals surface area contributed by atoms with Gasteiger partial charge in [0.15, 0.2) is 0 Å². The van der Waals surface area contributed by atoms with Crippen LogP contribution in [0.1, 0.15) is 27.7 Å². The van der Waals surface area contributed by atoms with Crippen molar-refractivity contribution in [1.29, 1.82) is 0 Å². The van der Waals surface area contributed by atoms with Crippen LogP contribution in [0.25, 0.3) is 0 Å². The number of sulfonamides is 1. The number of aryl methyl sites for hydroxylation is 1. The predicted octanol–water partition coefficient (Wildman–Crippen LogP) is 2.49. The zero-order chi connectivity index (χ0) is 15.5. The van der Waals surface area contributed by atoms with Gasteiger partial charge in [-0.3, -0.25) is 0 Å². The molecule has 0 radical (unpaired) electrons. The number of carboxylic acid groups (broad SMARTS) is 1. The first-order valence-electron chi connectivity index (χ1n) is 6.32. The molecule has 0 bridgehead atoms. The highest BCUT2D eigenvalue weighted by molar-refractivity contribution is 7.89. The molecule has 5 nitrogen and oxygen atoms in total. The zero-order valence-electron chi connectivity index (χ0n) is 11.4. The average molecular weight is 325 g/mol. The number of benzene rings is 1. The van der Waals surface area contributed by atoms with Crippen molar-refractivity contribution in [3.63, 3.8) is 0 Å². The average Bonchev–Trinajstić information content (AvgIpc) is 2.93. The SMILES string of the molecule is CCc1ccsc1CNS(=O)(=O)c1ccc(C(=O)O)cc1. The molecule has 0 aliphatic carbocycles. The standard InChI is InChI=1S/C14H15NO4S2/c1-2-10-7-8-20-13(10)9-15-21(18,19)12-5-3-11(4-6-12)14(16)17/h3-8,15H,2,9H2,1H3,(H,16,17). The van der Waals surface area contributed by atoms with E-state index in [2.05, 4.69) is 4.72 Å². The summed E-state index contributed by atoms with van der Waals surface area (Å²) in [6, 6.07) is 7.12. The topological polar surface area (TPSA) is 83.5 Å². The molecule has 0 unspecified atom stereocenters. The Bertz CT molecular complexity index is 733. The van der Waals surface area contributed by atoms with Crippen molar-refractivity contribution >= 4 is 27.3 Å². The number of nitrogens with one attached hydrogen (secondary N) is 1. The summed E-state index contributed by atoms with van der Waals surface area (Å²) < 4.78 is 26.8. The summed E-state index contributed by atoms with van der Waals surface area (Å²) >= 11 is 1.51. The molecule has 0 saturated heterocycles. The normalized spacial score (nSPS) is 11.5. The van der Waals surface area contributed by atoms with Crippen molar-refractivity contribution in [2.45, 2.75) is 24.8 Å². The first-order chi connectivity index (χ1) is 9.94. The Kier molecular flexibility index (Phi) is 4.76. The van der Waals surface area contributed by atoms with E-state index in [0.717, 1.165) is 16.9 Å². The van der Waals surface area contributed by atoms with Crippen molar-refractivity contribution in [1.82, 2.24) is 4.72 Å². The molecule has 2 rings (SSSR count). The van der Waals surface area contributed by atoms with Crippen LogP contribution < -0.4 is 4.72 Å². The monoisotopic (exact) mass is 325 g/mol. The molecular weight excluding hydrogens is 310 g/mol. The second kappa shape index (κ2) is 6.38. The Morgan fingerprint density at radius 3 is 2.48 bits per heavy atom. The summed E-state index contributed by atoms with van der Waals surface area (Å²) in [5.41, 5.74) is 1.18. The summed E-state index contributed by atoms with van der Waals surface area (Å²) in [7, 11) is -3.64. The third kappa shape index (κ3) is 3.69. The minimum absolute atomic E-state index is 0.0560. The smallest absolute Gasteiger partial charge is 0.335 e. The van der Waals surface area contributed by atoms with E-state index >= 15 is 0 Å². The highest BCUT2D eigenvalue weighted by Gasteiger charge is 2.15. The number of thiophene rings is 1. The van der Waals surface area contributed by atoms with E-state index in [0.29, 0.717) is 0 Å². The molecule has 21 heavy (non-hydrogen) atoms. The molecular formula is C14H15NO4S2. The Labute approximate surface area is 127 Å². The lowest BCUT2D eigenvalue weighted by Gasteiger charge is -2.07. The van der Waals surface area contributed by atoms with E-state index in [1.165, 1.54) is 35.6 Å². The van der Waals surface area contributed by atoms with Crippen LogP contribution in [0.4, 0.5) is 0 Å². The lowest BCUT2D eigenvalue weighted by Crippen LogP contribution is -2.23. The van der Waals surface area contributed by atoms with Crippen LogP contribution in [-0.2, 0) is 23.0 Å². The van der Waals surface area contributed by atoms with Crippen LogP contribution in [0, 0.1) is 0 Å². The second-order valence-electron chi connectivity index (χ2n) is 4.38. The molecule has 112 valence electrons. The van der Waals surface area contributed by atoms with Crippen LogP contribution in [0.5, 0.6) is 0 Å². The van der Waals surface area contributed by atoms with Crippen molar-refractivity contribution in [2.75, 3.05) is 0 Å². The van der Waals surface area contributed by atoms with Crippen molar-refractivity contribution in [3.8, 4) is 0 Å². The maximum atomic E-state index is 12.2. The zero-order valence-corrected chi connectivity index (χ0v) is 13.0. The van der Waals surface area contributed by atoms with Crippen LogP contribution >= 0.6 is 11.3 Å². The lowest BCUT2D eigenvalue weighted by atomic mass is 10.2. The maximum Gasteiger partial charge on any atom is 0.335 e. The molecule has 1 aromatic carbocycles. The Hall–Kier alpha value is -1.70. The van der Waals surface area contributed by atoms with E-state index in [9.17, 15) is 13.2 Å². The number of hydrogen-bond acceptors (Lipinski definition) is 4. The molecule has 0 atom stereocenters. The fourth-order valence-corrected chi connectivity index (χ4v) is 3.86. The van der Waals surface area contributed by atoms with Gasteiger partial charge < -0.3 is 5.11 Å². The van der Waals surface area contributed by atoms with Gasteiger partial charge in [-0.15, -0.1) is 11.3 Å². The van der Waals surface area contributed by atoms with Crippen molar-refractivity contribution < 1.29 is 18.3 Å². The number of hydrogen-bond donors (Lipinski definition) is 2. The number of rotatable bonds is 6. The molecule has 0 spiro atoms. The molecule has 0 saturated carbocycles. The van der Waals surface area contributed by atoms with Gasteiger partial charge in [-0.2, -0.15) is 0 Å². The van der Waals surface area contributed by atoms with Crippen LogP contribution in [0.2, 0.25) is 0 Å². The second-order valence-corrected chi connectivity index (χ2v) is 7.14. The molecule has 0 amide bonds. The van der Waals surface area contributed by atoms with E-state index in [1.54, 1.807) is 0 Å². The highest BCUT2D eigenvalue weighted by atomic mass is 32.2. The highest BCUT2D eigenvalue weighted by Crippen LogP contribution is 2.18. The Balaban J connectivity index is 2.13. The van der Waals surface area contributed by atoms with Gasteiger partial charge in [-0.1, -0.05) is 6.92 Å². The molecule has 0 aliphatic rings. The van der Waals surface area contributed by atoms with Crippen molar-refractivity contribution in [2.24, 2.45) is 0 Å². The quantitative estimate of drug-likeness (QED) is 0.854. The minimum Gasteiger partial charge on any atom is -0.478 e. The fourth-order valence-electron chi connectivity index (χ4n) is 1.86. The Morgan fingerprint density at radius 2 is 1.90 bits per heavy atom. The third-order valence-electron chi connectivity index (χ3n) is 3.05. The van der Waals surface area contributed by atoms with Gasteiger partial charge in [0.2, 0.25) is 10.0 Å². The molecule has 7 heteroatoms. The molecule has 2 N–H and O–H groups in total. The summed E-state index contributed by atoms with van der Waals surface area (Å²) in [5, 5.41) is 10.7. The van der Waals surface area contributed by atoms with Crippen molar-refractivity contribution in [3.05, 3.63) is 51.7 Å². The molecule has 1 heterocycles. The summed E-state index contributed by atoms with van der Waals surface area (Å²) in [4.78, 5) is 11.8. The third-order valence-corrected chi connectivity index (χ3v) is 5.43. The van der Waals surface area contributed by atoms with Gasteiger partial charge in [-0.05, 0) is 47.7 Å². The van der Waals surface area contributed by atoms with E-state index < -0.39 is 16.0 Å². The summed E-state index contributed by atoms with van der Waals surface area (Å²) in [6.45, 7) is 2.26.